The largest absolute Gasteiger partial charge is 0.309 e. The Balaban J connectivity index is 2.00. The number of rotatable bonds is 6. The van der Waals surface area contributed by atoms with Crippen LogP contribution in [0, 0.1) is 5.92 Å². The SMILES string of the molecule is CN(C)CCn1cc(N2CC(CS(N)(=O)=O)CC2=O)cn1. The van der Waals surface area contributed by atoms with Gasteiger partial charge in [-0.05, 0) is 14.1 Å². The number of hydrogen-bond acceptors (Lipinski definition) is 5. The van der Waals surface area contributed by atoms with Gasteiger partial charge >= 0.3 is 0 Å². The molecule has 1 aliphatic rings. The highest BCUT2D eigenvalue weighted by molar-refractivity contribution is 7.89. The highest BCUT2D eigenvalue weighted by Crippen LogP contribution is 2.25. The first kappa shape index (κ1) is 15.9. The summed E-state index contributed by atoms with van der Waals surface area (Å²) in [5.74, 6) is -0.502. The van der Waals surface area contributed by atoms with Gasteiger partial charge in [-0.2, -0.15) is 5.10 Å². The number of nitrogens with two attached hydrogens (primary N) is 1. The Morgan fingerprint density at radius 2 is 2.19 bits per heavy atom. The topological polar surface area (TPSA) is 102 Å². The van der Waals surface area contributed by atoms with E-state index in [1.807, 2.05) is 19.0 Å². The van der Waals surface area contributed by atoms with Crippen LogP contribution >= 0.6 is 0 Å². The van der Waals surface area contributed by atoms with Crippen LogP contribution in [0.4, 0.5) is 5.69 Å². The third-order valence-electron chi connectivity index (χ3n) is 3.38. The van der Waals surface area contributed by atoms with Crippen LogP contribution in [-0.2, 0) is 21.4 Å². The van der Waals surface area contributed by atoms with Crippen molar-refractivity contribution in [3.05, 3.63) is 12.4 Å². The molecule has 1 fully saturated rings. The quantitative estimate of drug-likeness (QED) is 0.732. The van der Waals surface area contributed by atoms with E-state index in [4.69, 9.17) is 5.14 Å². The van der Waals surface area contributed by atoms with Crippen molar-refractivity contribution in [3.8, 4) is 0 Å². The summed E-state index contributed by atoms with van der Waals surface area (Å²) in [7, 11) is 0.402. The van der Waals surface area contributed by atoms with E-state index in [1.165, 1.54) is 0 Å². The molecule has 9 heteroatoms. The van der Waals surface area contributed by atoms with E-state index < -0.39 is 10.0 Å². The van der Waals surface area contributed by atoms with E-state index >= 15 is 0 Å². The highest BCUT2D eigenvalue weighted by Gasteiger charge is 2.33. The molecule has 1 saturated heterocycles. The van der Waals surface area contributed by atoms with Gasteiger partial charge in [0, 0.05) is 31.6 Å². The number of primary sulfonamides is 1. The molecule has 8 nitrogen and oxygen atoms in total. The predicted molar refractivity (Wildman–Crippen MR) is 79.2 cm³/mol. The van der Waals surface area contributed by atoms with Crippen molar-refractivity contribution >= 4 is 21.6 Å². The fraction of sp³-hybridized carbons (Fsp3) is 0.667. The summed E-state index contributed by atoms with van der Waals surface area (Å²) in [4.78, 5) is 15.6. The van der Waals surface area contributed by atoms with E-state index in [0.29, 0.717) is 12.2 Å². The standard InChI is InChI=1S/C12H21N5O3S/c1-15(2)3-4-16-8-11(6-14-16)17-7-10(5-12(17)18)9-21(13,19)20/h6,8,10H,3-5,7,9H2,1-2H3,(H2,13,19,20). The fourth-order valence-electron chi connectivity index (χ4n) is 2.39. The van der Waals surface area contributed by atoms with Crippen LogP contribution in [0.15, 0.2) is 12.4 Å². The molecule has 0 saturated carbocycles. The second-order valence-electron chi connectivity index (χ2n) is 5.67. The van der Waals surface area contributed by atoms with Crippen molar-refractivity contribution in [1.82, 2.24) is 14.7 Å². The van der Waals surface area contributed by atoms with E-state index in [1.54, 1.807) is 22.0 Å². The molecule has 118 valence electrons. The van der Waals surface area contributed by atoms with Crippen molar-refractivity contribution in [2.75, 3.05) is 37.8 Å². The van der Waals surface area contributed by atoms with Gasteiger partial charge in [0.2, 0.25) is 15.9 Å². The maximum absolute atomic E-state index is 12.0. The molecule has 0 aliphatic carbocycles. The number of carbonyl (C=O) groups is 1. The first-order valence-corrected chi connectivity index (χ1v) is 8.44. The number of sulfonamides is 1. The van der Waals surface area contributed by atoms with Crippen LogP contribution in [-0.4, -0.2) is 61.9 Å². The Morgan fingerprint density at radius 3 is 2.81 bits per heavy atom. The maximum Gasteiger partial charge on any atom is 0.227 e. The van der Waals surface area contributed by atoms with E-state index in [9.17, 15) is 13.2 Å². The summed E-state index contributed by atoms with van der Waals surface area (Å²) in [6, 6.07) is 0. The molecule has 2 N–H and O–H groups in total. The third-order valence-corrected chi connectivity index (χ3v) is 4.32. The summed E-state index contributed by atoms with van der Waals surface area (Å²) in [6.45, 7) is 1.95. The predicted octanol–water partition coefficient (Wildman–Crippen LogP) is -0.914. The molecule has 1 unspecified atom stereocenters. The van der Waals surface area contributed by atoms with Gasteiger partial charge in [-0.15, -0.1) is 0 Å². The molecular formula is C12H21N5O3S. The van der Waals surface area contributed by atoms with Gasteiger partial charge in [-0.1, -0.05) is 0 Å². The molecule has 1 aliphatic heterocycles. The van der Waals surface area contributed by atoms with E-state index in [2.05, 4.69) is 5.10 Å². The highest BCUT2D eigenvalue weighted by atomic mass is 32.2. The molecule has 0 bridgehead atoms. The number of likely N-dealkylation sites (N-methyl/N-ethyl adjacent to an activating group) is 1. The molecule has 1 aromatic heterocycles. The molecule has 0 radical (unpaired) electrons. The number of hydrogen-bond donors (Lipinski definition) is 1. The van der Waals surface area contributed by atoms with Crippen molar-refractivity contribution in [1.29, 1.82) is 0 Å². The van der Waals surface area contributed by atoms with Gasteiger partial charge < -0.3 is 9.80 Å². The zero-order chi connectivity index (χ0) is 15.6. The average Bonchev–Trinajstić information content (AvgIpc) is 2.91. The molecule has 1 amide bonds. The normalized spacial score (nSPS) is 19.7. The molecule has 1 aromatic rings. The zero-order valence-corrected chi connectivity index (χ0v) is 13.1. The molecule has 2 rings (SSSR count). The molecule has 0 spiro atoms. The second-order valence-corrected chi connectivity index (χ2v) is 7.33. The Hall–Kier alpha value is -1.45. The van der Waals surface area contributed by atoms with Crippen molar-refractivity contribution < 1.29 is 13.2 Å². The van der Waals surface area contributed by atoms with Gasteiger partial charge in [0.1, 0.15) is 0 Å². The molecule has 1 atom stereocenters. The smallest absolute Gasteiger partial charge is 0.227 e. The monoisotopic (exact) mass is 315 g/mol. The second kappa shape index (κ2) is 6.12. The number of nitrogens with zero attached hydrogens (tertiary/aromatic N) is 4. The third kappa shape index (κ3) is 4.51. The first-order chi connectivity index (χ1) is 9.74. The molecule has 0 aromatic carbocycles. The summed E-state index contributed by atoms with van der Waals surface area (Å²) in [6.07, 6.45) is 3.65. The van der Waals surface area contributed by atoms with Crippen LogP contribution in [0.2, 0.25) is 0 Å². The Bertz CT molecular complexity index is 610. The molecule has 21 heavy (non-hydrogen) atoms. The zero-order valence-electron chi connectivity index (χ0n) is 12.3. The van der Waals surface area contributed by atoms with Gasteiger partial charge in [0.25, 0.3) is 0 Å². The summed E-state index contributed by atoms with van der Waals surface area (Å²) >= 11 is 0. The van der Waals surface area contributed by atoms with E-state index in [0.717, 1.165) is 13.1 Å². The molecular weight excluding hydrogens is 294 g/mol. The van der Waals surface area contributed by atoms with E-state index in [-0.39, 0.29) is 24.0 Å². The van der Waals surface area contributed by atoms with Crippen molar-refractivity contribution in [3.63, 3.8) is 0 Å². The molecule has 2 heterocycles. The van der Waals surface area contributed by atoms with Crippen molar-refractivity contribution in [2.45, 2.75) is 13.0 Å². The van der Waals surface area contributed by atoms with Crippen molar-refractivity contribution in [2.24, 2.45) is 11.1 Å². The van der Waals surface area contributed by atoms with Gasteiger partial charge in [-0.3, -0.25) is 9.48 Å². The summed E-state index contributed by atoms with van der Waals surface area (Å²) < 4.78 is 24.0. The minimum absolute atomic E-state index is 0.0872. The number of carbonyl (C=O) groups excluding carboxylic acids is 1. The number of anilines is 1. The Labute approximate surface area is 124 Å². The summed E-state index contributed by atoms with van der Waals surface area (Å²) in [5.41, 5.74) is 0.704. The van der Waals surface area contributed by atoms with Crippen LogP contribution < -0.4 is 10.0 Å². The minimum Gasteiger partial charge on any atom is -0.309 e. The lowest BCUT2D eigenvalue weighted by atomic mass is 10.1. The van der Waals surface area contributed by atoms with Crippen LogP contribution in [0.3, 0.4) is 0 Å². The average molecular weight is 315 g/mol. The number of aromatic nitrogens is 2. The van der Waals surface area contributed by atoms with Gasteiger partial charge in [-0.25, -0.2) is 13.6 Å². The Kier molecular flexibility index (Phi) is 4.64. The Morgan fingerprint density at radius 1 is 1.48 bits per heavy atom. The lowest BCUT2D eigenvalue weighted by Gasteiger charge is -2.14. The lowest BCUT2D eigenvalue weighted by Crippen LogP contribution is -2.27. The summed E-state index contributed by atoms with van der Waals surface area (Å²) in [5, 5.41) is 9.26. The maximum atomic E-state index is 12.0. The first-order valence-electron chi connectivity index (χ1n) is 6.72. The van der Waals surface area contributed by atoms with Gasteiger partial charge in [0.15, 0.2) is 0 Å². The van der Waals surface area contributed by atoms with Crippen LogP contribution in [0.5, 0.6) is 0 Å². The lowest BCUT2D eigenvalue weighted by molar-refractivity contribution is -0.117. The number of amides is 1. The van der Waals surface area contributed by atoms with Crippen LogP contribution in [0.25, 0.3) is 0 Å². The fourth-order valence-corrected chi connectivity index (χ4v) is 3.27. The van der Waals surface area contributed by atoms with Crippen LogP contribution in [0.1, 0.15) is 6.42 Å². The minimum atomic E-state index is -3.55. The van der Waals surface area contributed by atoms with Gasteiger partial charge in [0.05, 0.1) is 24.2 Å².